The first-order valence-corrected chi connectivity index (χ1v) is 10.6. The molecule has 0 fully saturated rings. The predicted molar refractivity (Wildman–Crippen MR) is 116 cm³/mol. The second-order valence-corrected chi connectivity index (χ2v) is 8.36. The fourth-order valence-corrected chi connectivity index (χ4v) is 3.87. The molecule has 3 aromatic carbocycles. The van der Waals surface area contributed by atoms with E-state index < -0.39 is 17.9 Å². The Morgan fingerprint density at radius 3 is 2.31 bits per heavy atom. The summed E-state index contributed by atoms with van der Waals surface area (Å²) in [5, 5.41) is 0. The van der Waals surface area contributed by atoms with Crippen LogP contribution in [0.25, 0.3) is 0 Å². The molecule has 6 heteroatoms. The van der Waals surface area contributed by atoms with E-state index in [1.807, 2.05) is 54.6 Å². The lowest BCUT2D eigenvalue weighted by atomic mass is 9.91. The third-order valence-electron chi connectivity index (χ3n) is 5.31. The predicted octanol–water partition coefficient (Wildman–Crippen LogP) is 7.66. The Bertz CT molecular complexity index is 1060. The maximum atomic E-state index is 13.8. The molecular weight excluding hydrogens is 417 g/mol. The molecule has 0 aromatic heterocycles. The molecule has 1 aliphatic rings. The van der Waals surface area contributed by atoms with Gasteiger partial charge in [-0.25, -0.2) is 0 Å². The van der Waals surface area contributed by atoms with Gasteiger partial charge in [0.15, 0.2) is 11.5 Å². The Balaban J connectivity index is 1.42. The van der Waals surface area contributed by atoms with E-state index in [1.54, 1.807) is 19.9 Å². The van der Waals surface area contributed by atoms with Crippen molar-refractivity contribution in [3.05, 3.63) is 83.9 Å². The van der Waals surface area contributed by atoms with E-state index in [0.717, 1.165) is 5.56 Å². The van der Waals surface area contributed by atoms with Crippen LogP contribution in [0.2, 0.25) is 0 Å². The van der Waals surface area contributed by atoms with E-state index in [0.29, 0.717) is 35.8 Å². The lowest BCUT2D eigenvalue weighted by molar-refractivity contribution is -0.152. The van der Waals surface area contributed by atoms with Gasteiger partial charge < -0.3 is 14.2 Å². The minimum Gasteiger partial charge on any atom is -0.457 e. The molecule has 0 spiro atoms. The lowest BCUT2D eigenvalue weighted by Gasteiger charge is -2.21. The number of para-hydroxylation sites is 1. The summed E-state index contributed by atoms with van der Waals surface area (Å²) >= 11 is 0. The van der Waals surface area contributed by atoms with E-state index in [2.05, 4.69) is 0 Å². The van der Waals surface area contributed by atoms with E-state index in [4.69, 9.17) is 14.2 Å². The molecule has 0 amide bonds. The lowest BCUT2D eigenvalue weighted by Crippen LogP contribution is -2.29. The summed E-state index contributed by atoms with van der Waals surface area (Å²) in [5.41, 5.74) is 1.13. The van der Waals surface area contributed by atoms with Gasteiger partial charge >= 0.3 is 6.18 Å². The Hall–Kier alpha value is -3.15. The van der Waals surface area contributed by atoms with Gasteiger partial charge in [0.25, 0.3) is 0 Å². The van der Waals surface area contributed by atoms with Crippen LogP contribution in [-0.4, -0.2) is 12.0 Å². The summed E-state index contributed by atoms with van der Waals surface area (Å²) in [4.78, 5) is 0. The standard InChI is InChI=1S/C26H25F3O3/c1-25(2)31-23-15-14-19(17-24(23)32-25)22(26(27,28)29)13-7-9-18-8-6-12-21(16-18)30-20-10-4-3-5-11-20/h3-6,8,10-12,14-17,22H,7,9,13H2,1-2H3. The Kier molecular flexibility index (Phi) is 6.04. The number of ether oxygens (including phenoxy) is 3. The van der Waals surface area contributed by atoms with Crippen LogP contribution in [0.1, 0.15) is 43.7 Å². The maximum Gasteiger partial charge on any atom is 0.395 e. The molecule has 4 rings (SSSR count). The number of fused-ring (bicyclic) bond motifs is 1. The van der Waals surface area contributed by atoms with Gasteiger partial charge in [-0.3, -0.25) is 0 Å². The average molecular weight is 442 g/mol. The minimum atomic E-state index is -4.35. The fourth-order valence-electron chi connectivity index (χ4n) is 3.87. The Morgan fingerprint density at radius 2 is 1.56 bits per heavy atom. The van der Waals surface area contributed by atoms with Crippen molar-refractivity contribution >= 4 is 0 Å². The largest absolute Gasteiger partial charge is 0.457 e. The summed E-state index contributed by atoms with van der Waals surface area (Å²) in [7, 11) is 0. The van der Waals surface area contributed by atoms with Crippen molar-refractivity contribution in [3.63, 3.8) is 0 Å². The zero-order chi connectivity index (χ0) is 22.8. The smallest absolute Gasteiger partial charge is 0.395 e. The molecular formula is C26H25F3O3. The van der Waals surface area contributed by atoms with Gasteiger partial charge in [-0.1, -0.05) is 36.4 Å². The third-order valence-corrected chi connectivity index (χ3v) is 5.31. The molecule has 32 heavy (non-hydrogen) atoms. The first-order valence-electron chi connectivity index (χ1n) is 10.6. The maximum absolute atomic E-state index is 13.8. The van der Waals surface area contributed by atoms with Crippen LogP contribution < -0.4 is 14.2 Å². The highest BCUT2D eigenvalue weighted by Gasteiger charge is 2.41. The topological polar surface area (TPSA) is 27.7 Å². The van der Waals surface area contributed by atoms with E-state index in [9.17, 15) is 13.2 Å². The minimum absolute atomic E-state index is 0.0176. The number of hydrogen-bond donors (Lipinski definition) is 0. The van der Waals surface area contributed by atoms with E-state index >= 15 is 0 Å². The number of benzene rings is 3. The summed E-state index contributed by atoms with van der Waals surface area (Å²) in [6.45, 7) is 3.45. The summed E-state index contributed by atoms with van der Waals surface area (Å²) in [5.74, 6) is -0.236. The van der Waals surface area contributed by atoms with Crippen LogP contribution in [0.3, 0.4) is 0 Å². The second kappa shape index (κ2) is 8.77. The zero-order valence-electron chi connectivity index (χ0n) is 18.0. The molecule has 0 radical (unpaired) electrons. The molecule has 1 unspecified atom stereocenters. The molecule has 1 atom stereocenters. The van der Waals surface area contributed by atoms with Gasteiger partial charge in [0.2, 0.25) is 5.79 Å². The van der Waals surface area contributed by atoms with Gasteiger partial charge in [0.1, 0.15) is 11.5 Å². The summed E-state index contributed by atoms with van der Waals surface area (Å²) < 4.78 is 58.6. The van der Waals surface area contributed by atoms with Gasteiger partial charge in [-0.15, -0.1) is 0 Å². The average Bonchev–Trinajstić information content (AvgIpc) is 3.04. The quantitative estimate of drug-likeness (QED) is 0.376. The number of alkyl halides is 3. The van der Waals surface area contributed by atoms with Crippen molar-refractivity contribution in [2.24, 2.45) is 0 Å². The second-order valence-electron chi connectivity index (χ2n) is 8.36. The molecule has 0 saturated heterocycles. The van der Waals surface area contributed by atoms with Gasteiger partial charge in [0.05, 0.1) is 5.92 Å². The summed E-state index contributed by atoms with van der Waals surface area (Å²) in [6, 6.07) is 21.3. The molecule has 0 N–H and O–H groups in total. The van der Waals surface area contributed by atoms with Crippen molar-refractivity contribution in [1.29, 1.82) is 0 Å². The number of halogens is 3. The first-order chi connectivity index (χ1) is 15.2. The van der Waals surface area contributed by atoms with Crippen LogP contribution in [0.4, 0.5) is 13.2 Å². The van der Waals surface area contributed by atoms with Crippen LogP contribution in [0, 0.1) is 0 Å². The van der Waals surface area contributed by atoms with Crippen LogP contribution in [0.15, 0.2) is 72.8 Å². The molecule has 1 aliphatic heterocycles. The van der Waals surface area contributed by atoms with Crippen molar-refractivity contribution < 1.29 is 27.4 Å². The first kappa shape index (κ1) is 22.1. The Labute approximate surface area is 185 Å². The molecule has 0 saturated carbocycles. The Morgan fingerprint density at radius 1 is 0.844 bits per heavy atom. The zero-order valence-corrected chi connectivity index (χ0v) is 18.0. The number of aryl methyl sites for hydroxylation is 1. The SMILES string of the molecule is CC1(C)Oc2ccc(C(CCCc3cccc(Oc4ccccc4)c3)C(F)(F)F)cc2O1. The van der Waals surface area contributed by atoms with Gasteiger partial charge in [-0.2, -0.15) is 13.2 Å². The third kappa shape index (κ3) is 5.36. The molecule has 168 valence electrons. The molecule has 3 nitrogen and oxygen atoms in total. The molecule has 3 aromatic rings. The molecule has 0 aliphatic carbocycles. The highest BCUT2D eigenvalue weighted by atomic mass is 19.4. The van der Waals surface area contributed by atoms with Gasteiger partial charge in [0, 0.05) is 13.8 Å². The van der Waals surface area contributed by atoms with Crippen LogP contribution in [0.5, 0.6) is 23.0 Å². The molecule has 0 bridgehead atoms. The number of hydrogen-bond acceptors (Lipinski definition) is 3. The highest BCUT2D eigenvalue weighted by Crippen LogP contribution is 2.45. The fraction of sp³-hybridized carbons (Fsp3) is 0.308. The van der Waals surface area contributed by atoms with Crippen LogP contribution in [-0.2, 0) is 6.42 Å². The normalized spacial score (nSPS) is 15.4. The van der Waals surface area contributed by atoms with Gasteiger partial charge in [-0.05, 0) is 66.8 Å². The molecule has 1 heterocycles. The monoisotopic (exact) mass is 442 g/mol. The van der Waals surface area contributed by atoms with Crippen molar-refractivity contribution in [2.75, 3.05) is 0 Å². The highest BCUT2D eigenvalue weighted by molar-refractivity contribution is 5.47. The van der Waals surface area contributed by atoms with Crippen molar-refractivity contribution in [3.8, 4) is 23.0 Å². The van der Waals surface area contributed by atoms with Crippen molar-refractivity contribution in [2.45, 2.75) is 51.0 Å². The number of rotatable bonds is 7. The van der Waals surface area contributed by atoms with E-state index in [1.165, 1.54) is 12.1 Å². The summed E-state index contributed by atoms with van der Waals surface area (Å²) in [6.07, 6.45) is -3.45. The van der Waals surface area contributed by atoms with Crippen molar-refractivity contribution in [1.82, 2.24) is 0 Å². The van der Waals surface area contributed by atoms with E-state index in [-0.39, 0.29) is 12.0 Å². The van der Waals surface area contributed by atoms with Crippen LogP contribution >= 0.6 is 0 Å².